The number of esters is 1. The molecule has 1 aliphatic heterocycles. The number of rotatable bonds is 7. The molecule has 2 aromatic carbocycles. The average Bonchev–Trinajstić information content (AvgIpc) is 2.90. The smallest absolute Gasteiger partial charge is 0.312 e. The summed E-state index contributed by atoms with van der Waals surface area (Å²) in [5.74, 6) is -0.0195. The number of carbonyl (C=O) groups excluding carboxylic acids is 2. The van der Waals surface area contributed by atoms with Crippen molar-refractivity contribution in [3.8, 4) is 5.75 Å². The van der Waals surface area contributed by atoms with E-state index in [1.807, 2.05) is 31.2 Å². The number of amides is 1. The van der Waals surface area contributed by atoms with Crippen LogP contribution in [0.2, 0.25) is 5.02 Å². The van der Waals surface area contributed by atoms with E-state index in [9.17, 15) is 14.0 Å². The van der Waals surface area contributed by atoms with Gasteiger partial charge in [-0.05, 0) is 56.5 Å². The van der Waals surface area contributed by atoms with Crippen LogP contribution in [-0.2, 0) is 16.0 Å². The summed E-state index contributed by atoms with van der Waals surface area (Å²) < 4.78 is 23.0. The van der Waals surface area contributed by atoms with Gasteiger partial charge in [0.05, 0.1) is 35.9 Å². The van der Waals surface area contributed by atoms with E-state index in [0.29, 0.717) is 43.7 Å². The van der Waals surface area contributed by atoms with Gasteiger partial charge >= 0.3 is 5.97 Å². The van der Waals surface area contributed by atoms with Gasteiger partial charge in [-0.15, -0.1) is 0 Å². The minimum absolute atomic E-state index is 0.242. The zero-order valence-electron chi connectivity index (χ0n) is 17.8. The standard InChI is InChI=1S/C24H27ClFNO4/c1-3-30-23(29)24(2)11-13-27(21-8-5-4-7-17(21)16-24)22(28)19-10-9-18(15-20(19)25)31-14-6-12-26/h4-5,7-10,15H,3,6,11-14,16H2,1-2H3. The first-order valence-electron chi connectivity index (χ1n) is 10.4. The Balaban J connectivity index is 1.89. The average molecular weight is 448 g/mol. The van der Waals surface area contributed by atoms with Crippen molar-refractivity contribution in [3.63, 3.8) is 0 Å². The predicted octanol–water partition coefficient (Wildman–Crippen LogP) is 5.24. The molecule has 0 aromatic heterocycles. The molecule has 0 bridgehead atoms. The van der Waals surface area contributed by atoms with Crippen LogP contribution >= 0.6 is 11.6 Å². The van der Waals surface area contributed by atoms with Crippen molar-refractivity contribution in [2.45, 2.75) is 33.1 Å². The zero-order valence-corrected chi connectivity index (χ0v) is 18.6. The van der Waals surface area contributed by atoms with Crippen molar-refractivity contribution < 1.29 is 23.5 Å². The highest BCUT2D eigenvalue weighted by Gasteiger charge is 2.39. The summed E-state index contributed by atoms with van der Waals surface area (Å²) >= 11 is 6.40. The van der Waals surface area contributed by atoms with Crippen molar-refractivity contribution in [1.29, 1.82) is 0 Å². The minimum Gasteiger partial charge on any atom is -0.493 e. The second-order valence-electron chi connectivity index (χ2n) is 7.83. The van der Waals surface area contributed by atoms with E-state index in [4.69, 9.17) is 21.1 Å². The van der Waals surface area contributed by atoms with E-state index in [0.717, 1.165) is 11.3 Å². The van der Waals surface area contributed by atoms with Crippen LogP contribution in [0.25, 0.3) is 0 Å². The number of hydrogen-bond acceptors (Lipinski definition) is 4. The molecule has 1 amide bonds. The number of anilines is 1. The van der Waals surface area contributed by atoms with Gasteiger partial charge in [-0.2, -0.15) is 0 Å². The number of para-hydroxylation sites is 1. The number of carbonyl (C=O) groups is 2. The molecule has 3 rings (SSSR count). The lowest BCUT2D eigenvalue weighted by molar-refractivity contribution is -0.154. The van der Waals surface area contributed by atoms with Crippen molar-refractivity contribution in [2.75, 3.05) is 31.3 Å². The number of alkyl halides is 1. The summed E-state index contributed by atoms with van der Waals surface area (Å²) in [4.78, 5) is 27.8. The lowest BCUT2D eigenvalue weighted by atomic mass is 9.81. The van der Waals surface area contributed by atoms with Crippen molar-refractivity contribution in [3.05, 3.63) is 58.6 Å². The molecule has 1 unspecified atom stereocenters. The molecule has 7 heteroatoms. The molecule has 0 saturated heterocycles. The Bertz CT molecular complexity index is 951. The molecular formula is C24H27ClFNO4. The molecule has 0 saturated carbocycles. The van der Waals surface area contributed by atoms with Crippen LogP contribution < -0.4 is 9.64 Å². The predicted molar refractivity (Wildman–Crippen MR) is 119 cm³/mol. The highest BCUT2D eigenvalue weighted by atomic mass is 35.5. The summed E-state index contributed by atoms with van der Waals surface area (Å²) in [5, 5.41) is 0.262. The Morgan fingerprint density at radius 1 is 1.23 bits per heavy atom. The molecule has 2 aromatic rings. The lowest BCUT2D eigenvalue weighted by Crippen LogP contribution is -2.36. The van der Waals surface area contributed by atoms with E-state index in [1.54, 1.807) is 30.0 Å². The normalized spacial score (nSPS) is 18.1. The van der Waals surface area contributed by atoms with Gasteiger partial charge in [-0.3, -0.25) is 14.0 Å². The van der Waals surface area contributed by atoms with Crippen LogP contribution in [-0.4, -0.2) is 38.3 Å². The monoisotopic (exact) mass is 447 g/mol. The first-order chi connectivity index (χ1) is 14.9. The molecule has 0 N–H and O–H groups in total. The number of nitrogens with zero attached hydrogens (tertiary/aromatic N) is 1. The maximum absolute atomic E-state index is 13.4. The van der Waals surface area contributed by atoms with Crippen molar-refractivity contribution in [1.82, 2.24) is 0 Å². The fourth-order valence-electron chi connectivity index (χ4n) is 3.75. The fourth-order valence-corrected chi connectivity index (χ4v) is 4.00. The van der Waals surface area contributed by atoms with Gasteiger partial charge in [-0.1, -0.05) is 29.8 Å². The quantitative estimate of drug-likeness (QED) is 0.430. The maximum atomic E-state index is 13.4. The Kier molecular flexibility index (Phi) is 7.55. The molecular weight excluding hydrogens is 421 g/mol. The Morgan fingerprint density at radius 3 is 2.71 bits per heavy atom. The number of ether oxygens (including phenoxy) is 2. The largest absolute Gasteiger partial charge is 0.493 e. The molecule has 0 aliphatic carbocycles. The molecule has 166 valence electrons. The van der Waals surface area contributed by atoms with E-state index in [2.05, 4.69) is 0 Å². The summed E-state index contributed by atoms with van der Waals surface area (Å²) in [6, 6.07) is 12.4. The summed E-state index contributed by atoms with van der Waals surface area (Å²) in [6.07, 6.45) is 1.25. The highest BCUT2D eigenvalue weighted by molar-refractivity contribution is 6.34. The van der Waals surface area contributed by atoms with Gasteiger partial charge in [0.2, 0.25) is 0 Å². The van der Waals surface area contributed by atoms with Gasteiger partial charge in [-0.25, -0.2) is 0 Å². The number of hydrogen-bond donors (Lipinski definition) is 0. The lowest BCUT2D eigenvalue weighted by Gasteiger charge is -2.26. The Hall–Kier alpha value is -2.60. The molecule has 1 atom stereocenters. The van der Waals surface area contributed by atoms with Gasteiger partial charge < -0.3 is 14.4 Å². The number of benzene rings is 2. The Morgan fingerprint density at radius 2 is 2.00 bits per heavy atom. The highest BCUT2D eigenvalue weighted by Crippen LogP contribution is 2.38. The maximum Gasteiger partial charge on any atom is 0.312 e. The van der Waals surface area contributed by atoms with Crippen LogP contribution in [0.1, 0.15) is 42.6 Å². The molecule has 0 radical (unpaired) electrons. The summed E-state index contributed by atoms with van der Waals surface area (Å²) in [7, 11) is 0. The molecule has 0 spiro atoms. The van der Waals surface area contributed by atoms with Gasteiger partial charge in [0.25, 0.3) is 5.91 Å². The van der Waals surface area contributed by atoms with Gasteiger partial charge in [0, 0.05) is 18.7 Å². The zero-order chi connectivity index (χ0) is 22.4. The van der Waals surface area contributed by atoms with E-state index >= 15 is 0 Å². The van der Waals surface area contributed by atoms with Crippen molar-refractivity contribution in [2.24, 2.45) is 5.41 Å². The van der Waals surface area contributed by atoms with Crippen LogP contribution in [0, 0.1) is 5.41 Å². The van der Waals surface area contributed by atoms with E-state index in [-0.39, 0.29) is 23.5 Å². The molecule has 31 heavy (non-hydrogen) atoms. The first-order valence-corrected chi connectivity index (χ1v) is 10.8. The third-order valence-corrected chi connectivity index (χ3v) is 5.79. The first kappa shape index (κ1) is 23.1. The topological polar surface area (TPSA) is 55.8 Å². The Labute approximate surface area is 187 Å². The van der Waals surface area contributed by atoms with Gasteiger partial charge in [0.1, 0.15) is 5.75 Å². The molecule has 1 heterocycles. The van der Waals surface area contributed by atoms with Crippen LogP contribution in [0.5, 0.6) is 5.75 Å². The number of halogens is 2. The van der Waals surface area contributed by atoms with Crippen molar-refractivity contribution >= 4 is 29.2 Å². The van der Waals surface area contributed by atoms with Crippen LogP contribution in [0.4, 0.5) is 10.1 Å². The minimum atomic E-state index is -0.723. The third kappa shape index (κ3) is 5.18. The third-order valence-electron chi connectivity index (χ3n) is 5.48. The fraction of sp³-hybridized carbons (Fsp3) is 0.417. The molecule has 5 nitrogen and oxygen atoms in total. The SMILES string of the molecule is CCOC(=O)C1(C)CCN(C(=O)c2ccc(OCCCF)cc2Cl)c2ccccc2C1. The number of fused-ring (bicyclic) bond motifs is 1. The van der Waals surface area contributed by atoms with E-state index < -0.39 is 12.1 Å². The second-order valence-corrected chi connectivity index (χ2v) is 8.23. The van der Waals surface area contributed by atoms with Crippen LogP contribution in [0.3, 0.4) is 0 Å². The second kappa shape index (κ2) is 10.1. The summed E-state index contributed by atoms with van der Waals surface area (Å²) in [5.41, 5.74) is 1.29. The van der Waals surface area contributed by atoms with E-state index in [1.165, 1.54) is 0 Å². The molecule has 1 aliphatic rings. The van der Waals surface area contributed by atoms with Gasteiger partial charge in [0.15, 0.2) is 0 Å². The summed E-state index contributed by atoms with van der Waals surface area (Å²) in [6.45, 7) is 4.13. The van der Waals surface area contributed by atoms with Crippen LogP contribution in [0.15, 0.2) is 42.5 Å². The molecule has 0 fully saturated rings.